The van der Waals surface area contributed by atoms with Crippen LogP contribution in [0.3, 0.4) is 0 Å². The number of nitrogens with one attached hydrogen (secondary N) is 1. The number of aromatic nitrogens is 1. The fourth-order valence-electron chi connectivity index (χ4n) is 2.22. The van der Waals surface area contributed by atoms with Gasteiger partial charge in [-0.3, -0.25) is 4.79 Å². The number of amides is 1. The first kappa shape index (κ1) is 18.1. The summed E-state index contributed by atoms with van der Waals surface area (Å²) >= 11 is 1.39. The van der Waals surface area contributed by atoms with E-state index in [2.05, 4.69) is 24.1 Å². The van der Waals surface area contributed by atoms with E-state index < -0.39 is 0 Å². The summed E-state index contributed by atoms with van der Waals surface area (Å²) in [6, 6.07) is 13.3. The Hall–Kier alpha value is -2.73. The lowest BCUT2D eigenvalue weighted by Gasteiger charge is -2.09. The van der Waals surface area contributed by atoms with Gasteiger partial charge in [0.2, 0.25) is 0 Å². The van der Waals surface area contributed by atoms with E-state index in [1.807, 2.05) is 24.3 Å². The van der Waals surface area contributed by atoms with Crippen molar-refractivity contribution in [2.45, 2.75) is 13.8 Å². The van der Waals surface area contributed by atoms with Crippen molar-refractivity contribution in [3.8, 4) is 16.3 Å². The number of benzene rings is 2. The third-order valence-corrected chi connectivity index (χ3v) is 4.39. The molecule has 0 saturated carbocycles. The van der Waals surface area contributed by atoms with Crippen LogP contribution in [-0.2, 0) is 0 Å². The molecule has 26 heavy (non-hydrogen) atoms. The molecule has 4 nitrogen and oxygen atoms in total. The van der Waals surface area contributed by atoms with Gasteiger partial charge < -0.3 is 10.1 Å². The van der Waals surface area contributed by atoms with E-state index in [0.29, 0.717) is 23.9 Å². The first-order valence-corrected chi connectivity index (χ1v) is 9.15. The molecule has 0 aliphatic heterocycles. The highest BCUT2D eigenvalue weighted by Crippen LogP contribution is 2.27. The third kappa shape index (κ3) is 4.67. The standard InChI is InChI=1S/C20H19FN2O2S/c1-13(2)11-25-17-5-3-4-14(10-17)20-23-18(12-26-20)19(24)22-16-8-6-15(21)7-9-16/h3-10,12-13H,11H2,1-2H3,(H,22,24). The largest absolute Gasteiger partial charge is 0.493 e. The molecule has 0 atom stereocenters. The number of nitrogens with zero attached hydrogens (tertiary/aromatic N) is 1. The predicted molar refractivity (Wildman–Crippen MR) is 102 cm³/mol. The molecule has 0 aliphatic rings. The minimum absolute atomic E-state index is 0.322. The topological polar surface area (TPSA) is 51.2 Å². The van der Waals surface area contributed by atoms with Gasteiger partial charge in [0.05, 0.1) is 6.61 Å². The van der Waals surface area contributed by atoms with E-state index in [1.54, 1.807) is 5.38 Å². The van der Waals surface area contributed by atoms with Crippen LogP contribution in [0.5, 0.6) is 5.75 Å². The Morgan fingerprint density at radius 2 is 2.00 bits per heavy atom. The van der Waals surface area contributed by atoms with Crippen molar-refractivity contribution in [3.63, 3.8) is 0 Å². The van der Waals surface area contributed by atoms with Crippen LogP contribution < -0.4 is 10.1 Å². The number of carbonyl (C=O) groups excluding carboxylic acids is 1. The van der Waals surface area contributed by atoms with Gasteiger partial charge in [0.15, 0.2) is 0 Å². The molecule has 1 heterocycles. The maximum absolute atomic E-state index is 12.9. The molecule has 0 fully saturated rings. The minimum atomic E-state index is -0.349. The van der Waals surface area contributed by atoms with E-state index in [4.69, 9.17) is 4.74 Å². The SMILES string of the molecule is CC(C)COc1cccc(-c2nc(C(=O)Nc3ccc(F)cc3)cs2)c1. The summed E-state index contributed by atoms with van der Waals surface area (Å²) in [5.41, 5.74) is 1.75. The molecule has 1 amide bonds. The fraction of sp³-hybridized carbons (Fsp3) is 0.200. The van der Waals surface area contributed by atoms with Crippen molar-refractivity contribution in [1.82, 2.24) is 4.98 Å². The van der Waals surface area contributed by atoms with Crippen LogP contribution in [0.4, 0.5) is 10.1 Å². The molecule has 0 bridgehead atoms. The van der Waals surface area contributed by atoms with Gasteiger partial charge in [0, 0.05) is 16.6 Å². The van der Waals surface area contributed by atoms with Crippen LogP contribution in [0.2, 0.25) is 0 Å². The molecule has 0 saturated heterocycles. The second-order valence-corrected chi connectivity index (χ2v) is 7.09. The zero-order chi connectivity index (χ0) is 18.5. The highest BCUT2D eigenvalue weighted by atomic mass is 32.1. The summed E-state index contributed by atoms with van der Waals surface area (Å²) in [5, 5.41) is 5.15. The van der Waals surface area contributed by atoms with Gasteiger partial charge in [0.25, 0.3) is 5.91 Å². The molecule has 0 radical (unpaired) electrons. The maximum atomic E-state index is 12.9. The number of anilines is 1. The van der Waals surface area contributed by atoms with Crippen LogP contribution in [0.1, 0.15) is 24.3 Å². The quantitative estimate of drug-likeness (QED) is 0.646. The number of thiazole rings is 1. The molecule has 3 aromatic rings. The highest BCUT2D eigenvalue weighted by molar-refractivity contribution is 7.13. The molecule has 134 valence electrons. The number of halogens is 1. The van der Waals surface area contributed by atoms with E-state index in [-0.39, 0.29) is 11.7 Å². The van der Waals surface area contributed by atoms with Gasteiger partial charge in [-0.1, -0.05) is 26.0 Å². The van der Waals surface area contributed by atoms with E-state index >= 15 is 0 Å². The third-order valence-electron chi connectivity index (χ3n) is 3.50. The summed E-state index contributed by atoms with van der Waals surface area (Å²) in [7, 11) is 0. The highest BCUT2D eigenvalue weighted by Gasteiger charge is 2.13. The number of rotatable bonds is 6. The molecule has 0 aliphatic carbocycles. The lowest BCUT2D eigenvalue weighted by atomic mass is 10.2. The molecule has 3 rings (SSSR count). The molecule has 1 N–H and O–H groups in total. The van der Waals surface area contributed by atoms with Crippen LogP contribution in [0.25, 0.3) is 10.6 Å². The van der Waals surface area contributed by atoms with Gasteiger partial charge in [-0.25, -0.2) is 9.37 Å². The van der Waals surface area contributed by atoms with Crippen LogP contribution >= 0.6 is 11.3 Å². The zero-order valence-corrected chi connectivity index (χ0v) is 15.3. The van der Waals surface area contributed by atoms with Crippen LogP contribution in [0, 0.1) is 11.7 Å². The predicted octanol–water partition coefficient (Wildman–Crippen LogP) is 5.24. The summed E-state index contributed by atoms with van der Waals surface area (Å²) in [5.74, 6) is 0.550. The monoisotopic (exact) mass is 370 g/mol. The molecular weight excluding hydrogens is 351 g/mol. The summed E-state index contributed by atoms with van der Waals surface area (Å²) in [6.07, 6.45) is 0. The average molecular weight is 370 g/mol. The second-order valence-electron chi connectivity index (χ2n) is 6.23. The van der Waals surface area contributed by atoms with Crippen molar-refractivity contribution < 1.29 is 13.9 Å². The summed E-state index contributed by atoms with van der Waals surface area (Å²) in [6.45, 7) is 4.83. The Bertz CT molecular complexity index is 891. The number of hydrogen-bond donors (Lipinski definition) is 1. The van der Waals surface area contributed by atoms with Crippen molar-refractivity contribution in [3.05, 3.63) is 65.4 Å². The molecule has 6 heteroatoms. The summed E-state index contributed by atoms with van der Waals surface area (Å²) in [4.78, 5) is 16.7. The Balaban J connectivity index is 1.72. The Labute approximate surface area is 155 Å². The molecule has 1 aromatic heterocycles. The van der Waals surface area contributed by atoms with E-state index in [9.17, 15) is 9.18 Å². The van der Waals surface area contributed by atoms with Gasteiger partial charge in [0.1, 0.15) is 22.3 Å². The number of ether oxygens (including phenoxy) is 1. The Morgan fingerprint density at radius 1 is 1.23 bits per heavy atom. The normalized spacial score (nSPS) is 10.8. The second kappa shape index (κ2) is 8.10. The Morgan fingerprint density at radius 3 is 2.73 bits per heavy atom. The molecule has 0 spiro atoms. The maximum Gasteiger partial charge on any atom is 0.275 e. The molecular formula is C20H19FN2O2S. The zero-order valence-electron chi connectivity index (χ0n) is 14.5. The van der Waals surface area contributed by atoms with Crippen molar-refractivity contribution in [2.24, 2.45) is 5.92 Å². The minimum Gasteiger partial charge on any atom is -0.493 e. The van der Waals surface area contributed by atoms with Gasteiger partial charge in [-0.15, -0.1) is 11.3 Å². The number of hydrogen-bond acceptors (Lipinski definition) is 4. The van der Waals surface area contributed by atoms with Gasteiger partial charge in [-0.05, 0) is 42.3 Å². The molecule has 2 aromatic carbocycles. The summed E-state index contributed by atoms with van der Waals surface area (Å²) < 4.78 is 18.7. The van der Waals surface area contributed by atoms with E-state index in [1.165, 1.54) is 35.6 Å². The fourth-order valence-corrected chi connectivity index (χ4v) is 3.02. The van der Waals surface area contributed by atoms with Crippen LogP contribution in [-0.4, -0.2) is 17.5 Å². The van der Waals surface area contributed by atoms with E-state index in [0.717, 1.165) is 16.3 Å². The lowest BCUT2D eigenvalue weighted by Crippen LogP contribution is -2.12. The van der Waals surface area contributed by atoms with Crippen molar-refractivity contribution >= 4 is 22.9 Å². The number of carbonyl (C=O) groups is 1. The van der Waals surface area contributed by atoms with Crippen LogP contribution in [0.15, 0.2) is 53.9 Å². The van der Waals surface area contributed by atoms with Gasteiger partial charge >= 0.3 is 0 Å². The lowest BCUT2D eigenvalue weighted by molar-refractivity contribution is 0.102. The first-order chi connectivity index (χ1) is 12.5. The molecule has 0 unspecified atom stereocenters. The smallest absolute Gasteiger partial charge is 0.275 e. The van der Waals surface area contributed by atoms with Crippen molar-refractivity contribution in [2.75, 3.05) is 11.9 Å². The Kier molecular flexibility index (Phi) is 5.63. The van der Waals surface area contributed by atoms with Gasteiger partial charge in [-0.2, -0.15) is 0 Å². The average Bonchev–Trinajstić information content (AvgIpc) is 3.12. The van der Waals surface area contributed by atoms with Crippen molar-refractivity contribution in [1.29, 1.82) is 0 Å². The first-order valence-electron chi connectivity index (χ1n) is 8.27.